The second-order valence-electron chi connectivity index (χ2n) is 10.5. The van der Waals surface area contributed by atoms with Crippen molar-refractivity contribution in [2.45, 2.75) is 51.6 Å². The molecule has 0 radical (unpaired) electrons. The van der Waals surface area contributed by atoms with Crippen molar-refractivity contribution in [2.24, 2.45) is 5.41 Å². The standard InChI is InChI=1S/C28H25F4N3O/c1-26(2)12-22-24(23(36)13-26)27(3,21-10-19(29)15-34-25(21)35-22)18-6-4-5-16(9-18)20-7-8-33-14-17(20)11-28(30,31)32/h4-10,14-15H,11-13H2,1-3H3,(H,34,35)/t27-/m0/s1. The number of allylic oxidation sites excluding steroid dienone is 2. The number of carbonyl (C=O) groups is 1. The Kier molecular flexibility index (Phi) is 5.54. The summed E-state index contributed by atoms with van der Waals surface area (Å²) in [7, 11) is 0. The number of Topliss-reactive ketones (excluding diaryl/α,β-unsaturated/α-hetero) is 1. The van der Waals surface area contributed by atoms with Gasteiger partial charge in [-0.3, -0.25) is 9.78 Å². The van der Waals surface area contributed by atoms with Crippen molar-refractivity contribution in [3.63, 3.8) is 0 Å². The molecule has 1 atom stereocenters. The molecule has 0 bridgehead atoms. The smallest absolute Gasteiger partial charge is 0.343 e. The van der Waals surface area contributed by atoms with Crippen molar-refractivity contribution < 1.29 is 22.4 Å². The third-order valence-corrected chi connectivity index (χ3v) is 7.08. The third kappa shape index (κ3) is 4.18. The van der Waals surface area contributed by atoms with Crippen LogP contribution in [-0.4, -0.2) is 21.9 Å². The van der Waals surface area contributed by atoms with Crippen molar-refractivity contribution >= 4 is 11.6 Å². The van der Waals surface area contributed by atoms with Crippen LogP contribution in [0.3, 0.4) is 0 Å². The van der Waals surface area contributed by atoms with E-state index in [0.717, 1.165) is 11.9 Å². The first kappa shape index (κ1) is 24.2. The van der Waals surface area contributed by atoms with Crippen LogP contribution in [0.5, 0.6) is 0 Å². The van der Waals surface area contributed by atoms with E-state index in [-0.39, 0.29) is 16.8 Å². The minimum absolute atomic E-state index is 0.0433. The molecule has 36 heavy (non-hydrogen) atoms. The number of rotatable bonds is 3. The lowest BCUT2D eigenvalue weighted by molar-refractivity contribution is -0.127. The number of hydrogen-bond donors (Lipinski definition) is 1. The molecule has 8 heteroatoms. The third-order valence-electron chi connectivity index (χ3n) is 7.08. The summed E-state index contributed by atoms with van der Waals surface area (Å²) in [5.74, 6) is -0.111. The fourth-order valence-electron chi connectivity index (χ4n) is 5.57. The summed E-state index contributed by atoms with van der Waals surface area (Å²) in [6, 6.07) is 10.0. The number of nitrogens with zero attached hydrogens (tertiary/aromatic N) is 2. The SMILES string of the molecule is CC1(C)CC(=O)C2=C(C1)Nc1ncc(F)cc1[C@]2(C)c1cccc(-c2ccncc2CC(F)(F)F)c1. The van der Waals surface area contributed by atoms with E-state index < -0.39 is 23.8 Å². The highest BCUT2D eigenvalue weighted by molar-refractivity contribution is 6.02. The molecule has 2 aromatic heterocycles. The summed E-state index contributed by atoms with van der Waals surface area (Å²) >= 11 is 0. The number of benzene rings is 1. The van der Waals surface area contributed by atoms with Gasteiger partial charge in [-0.15, -0.1) is 0 Å². The molecular formula is C28H25F4N3O. The Morgan fingerprint density at radius 3 is 2.58 bits per heavy atom. The van der Waals surface area contributed by atoms with E-state index in [2.05, 4.69) is 15.3 Å². The number of hydrogen-bond acceptors (Lipinski definition) is 4. The Morgan fingerprint density at radius 1 is 1.06 bits per heavy atom. The number of alkyl halides is 3. The minimum Gasteiger partial charge on any atom is -0.343 e. The molecule has 1 aromatic carbocycles. The van der Waals surface area contributed by atoms with Crippen molar-refractivity contribution in [3.05, 3.63) is 88.8 Å². The van der Waals surface area contributed by atoms with Gasteiger partial charge in [-0.25, -0.2) is 9.37 Å². The van der Waals surface area contributed by atoms with Gasteiger partial charge in [0.15, 0.2) is 5.78 Å². The van der Waals surface area contributed by atoms with Gasteiger partial charge in [-0.05, 0) is 59.2 Å². The highest BCUT2D eigenvalue weighted by Crippen LogP contribution is 2.52. The molecule has 0 saturated carbocycles. The molecule has 3 aromatic rings. The van der Waals surface area contributed by atoms with Gasteiger partial charge in [0.05, 0.1) is 18.0 Å². The summed E-state index contributed by atoms with van der Waals surface area (Å²) in [6.07, 6.45) is -0.741. The molecule has 0 fully saturated rings. The minimum atomic E-state index is -4.39. The maximum atomic E-state index is 14.4. The molecule has 0 saturated heterocycles. The van der Waals surface area contributed by atoms with Gasteiger partial charge in [0.2, 0.25) is 0 Å². The maximum Gasteiger partial charge on any atom is 0.393 e. The molecule has 2 aliphatic rings. The van der Waals surface area contributed by atoms with Crippen LogP contribution in [-0.2, 0) is 16.6 Å². The summed E-state index contributed by atoms with van der Waals surface area (Å²) in [4.78, 5) is 21.7. The Hall–Kier alpha value is -3.55. The van der Waals surface area contributed by atoms with Gasteiger partial charge in [0.1, 0.15) is 11.6 Å². The van der Waals surface area contributed by atoms with Crippen LogP contribution in [0.4, 0.5) is 23.4 Å². The predicted molar refractivity (Wildman–Crippen MR) is 129 cm³/mol. The fourth-order valence-corrected chi connectivity index (χ4v) is 5.57. The number of carbonyl (C=O) groups excluding carboxylic acids is 1. The van der Waals surface area contributed by atoms with Crippen molar-refractivity contribution in [3.8, 4) is 11.1 Å². The summed E-state index contributed by atoms with van der Waals surface area (Å²) < 4.78 is 54.2. The van der Waals surface area contributed by atoms with Crippen molar-refractivity contribution in [2.75, 3.05) is 5.32 Å². The quantitative estimate of drug-likeness (QED) is 0.408. The van der Waals surface area contributed by atoms with Crippen LogP contribution in [0.2, 0.25) is 0 Å². The van der Waals surface area contributed by atoms with Crippen molar-refractivity contribution in [1.82, 2.24) is 9.97 Å². The average molecular weight is 496 g/mol. The second kappa shape index (κ2) is 8.25. The van der Waals surface area contributed by atoms with Crippen LogP contribution in [0.25, 0.3) is 11.1 Å². The van der Waals surface area contributed by atoms with E-state index in [9.17, 15) is 22.4 Å². The highest BCUT2D eigenvalue weighted by atomic mass is 19.4. The average Bonchev–Trinajstić information content (AvgIpc) is 2.78. The highest BCUT2D eigenvalue weighted by Gasteiger charge is 2.48. The number of anilines is 1. The summed E-state index contributed by atoms with van der Waals surface area (Å²) in [6.45, 7) is 5.91. The van der Waals surface area contributed by atoms with Gasteiger partial charge >= 0.3 is 6.18 Å². The van der Waals surface area contributed by atoms with Crippen LogP contribution in [0.15, 0.2) is 66.3 Å². The molecule has 1 aliphatic heterocycles. The molecule has 0 spiro atoms. The largest absolute Gasteiger partial charge is 0.393 e. The monoisotopic (exact) mass is 495 g/mol. The van der Waals surface area contributed by atoms with Crippen LogP contribution < -0.4 is 5.32 Å². The van der Waals surface area contributed by atoms with E-state index >= 15 is 0 Å². The van der Waals surface area contributed by atoms with Crippen LogP contribution in [0, 0.1) is 11.2 Å². The van der Waals surface area contributed by atoms with E-state index in [4.69, 9.17) is 0 Å². The molecular weight excluding hydrogens is 470 g/mol. The van der Waals surface area contributed by atoms with E-state index in [0.29, 0.717) is 46.5 Å². The number of aromatic nitrogens is 2. The number of fused-ring (bicyclic) bond motifs is 1. The molecule has 1 N–H and O–H groups in total. The molecule has 4 nitrogen and oxygen atoms in total. The summed E-state index contributed by atoms with van der Waals surface area (Å²) in [5.41, 5.74) is 2.19. The van der Waals surface area contributed by atoms with Gasteiger partial charge in [0, 0.05) is 35.6 Å². The van der Waals surface area contributed by atoms with E-state index in [1.807, 2.05) is 26.8 Å². The van der Waals surface area contributed by atoms with Gasteiger partial charge < -0.3 is 5.32 Å². The Bertz CT molecular complexity index is 1410. The molecule has 1 aliphatic carbocycles. The first-order valence-electron chi connectivity index (χ1n) is 11.7. The Morgan fingerprint density at radius 2 is 1.83 bits per heavy atom. The number of pyridine rings is 2. The van der Waals surface area contributed by atoms with Crippen LogP contribution in [0.1, 0.15) is 50.3 Å². The predicted octanol–water partition coefficient (Wildman–Crippen LogP) is 6.76. The van der Waals surface area contributed by atoms with E-state index in [1.165, 1.54) is 18.5 Å². The van der Waals surface area contributed by atoms with Gasteiger partial charge in [-0.2, -0.15) is 13.2 Å². The van der Waals surface area contributed by atoms with Gasteiger partial charge in [-0.1, -0.05) is 32.0 Å². The zero-order valence-electron chi connectivity index (χ0n) is 20.1. The second-order valence-corrected chi connectivity index (χ2v) is 10.5. The van der Waals surface area contributed by atoms with E-state index in [1.54, 1.807) is 24.3 Å². The lowest BCUT2D eigenvalue weighted by Gasteiger charge is -2.44. The maximum absolute atomic E-state index is 14.4. The van der Waals surface area contributed by atoms with Crippen molar-refractivity contribution in [1.29, 1.82) is 0 Å². The molecule has 0 amide bonds. The van der Waals surface area contributed by atoms with Crippen LogP contribution >= 0.6 is 0 Å². The number of ketones is 1. The zero-order valence-corrected chi connectivity index (χ0v) is 20.1. The normalized spacial score (nSPS) is 21.0. The molecule has 0 unspecified atom stereocenters. The first-order valence-corrected chi connectivity index (χ1v) is 11.7. The fraction of sp³-hybridized carbons (Fsp3) is 0.321. The summed E-state index contributed by atoms with van der Waals surface area (Å²) in [5, 5.41) is 3.27. The number of halogens is 4. The topological polar surface area (TPSA) is 54.9 Å². The lowest BCUT2D eigenvalue weighted by Crippen LogP contribution is -2.42. The Balaban J connectivity index is 1.72. The Labute approximate surface area is 206 Å². The molecule has 5 rings (SSSR count). The zero-order chi connectivity index (χ0) is 25.9. The number of nitrogens with one attached hydrogen (secondary N) is 1. The molecule has 3 heterocycles. The van der Waals surface area contributed by atoms with Gasteiger partial charge in [0.25, 0.3) is 0 Å². The first-order chi connectivity index (χ1) is 16.9. The lowest BCUT2D eigenvalue weighted by atomic mass is 9.61. The molecule has 186 valence electrons.